The number of hydrogen-bond acceptors (Lipinski definition) is 5. The Morgan fingerprint density at radius 1 is 1.00 bits per heavy atom. The maximum absolute atomic E-state index is 5.59. The van der Waals surface area contributed by atoms with Crippen LogP contribution >= 0.6 is 23.1 Å². The van der Waals surface area contributed by atoms with Gasteiger partial charge in [-0.05, 0) is 60.7 Å². The summed E-state index contributed by atoms with van der Waals surface area (Å²) in [5.41, 5.74) is 3.64. The van der Waals surface area contributed by atoms with Gasteiger partial charge in [-0.15, -0.1) is 21.5 Å². The van der Waals surface area contributed by atoms with Crippen molar-refractivity contribution < 1.29 is 4.74 Å². The number of thioether (sulfide) groups is 1. The summed E-state index contributed by atoms with van der Waals surface area (Å²) in [6.07, 6.45) is 0. The van der Waals surface area contributed by atoms with E-state index in [1.165, 1.54) is 11.1 Å². The first kappa shape index (κ1) is 18.8. The van der Waals surface area contributed by atoms with Gasteiger partial charge in [-0.2, -0.15) is 0 Å². The Labute approximate surface area is 173 Å². The molecule has 2 heterocycles. The van der Waals surface area contributed by atoms with Crippen LogP contribution in [0.1, 0.15) is 18.1 Å². The fourth-order valence-electron chi connectivity index (χ4n) is 2.93. The SMILES string of the molecule is CCOc1ccc(-n2c(SCc3ccccc3C)nnc2-c2cccs2)cc1. The van der Waals surface area contributed by atoms with Crippen molar-refractivity contribution in [2.24, 2.45) is 0 Å². The standard InChI is InChI=1S/C22H21N3OS2/c1-3-26-19-12-10-18(11-13-19)25-21(20-9-6-14-27-20)23-24-22(25)28-15-17-8-5-4-7-16(17)2/h4-14H,3,15H2,1-2H3. The van der Waals surface area contributed by atoms with E-state index in [0.717, 1.165) is 33.0 Å². The van der Waals surface area contributed by atoms with Crippen LogP contribution in [0.4, 0.5) is 0 Å². The minimum absolute atomic E-state index is 0.657. The van der Waals surface area contributed by atoms with Gasteiger partial charge in [-0.25, -0.2) is 0 Å². The molecule has 6 heteroatoms. The largest absolute Gasteiger partial charge is 0.494 e. The Balaban J connectivity index is 1.69. The molecule has 0 bridgehead atoms. The zero-order chi connectivity index (χ0) is 19.3. The van der Waals surface area contributed by atoms with Gasteiger partial charge in [0.2, 0.25) is 0 Å². The van der Waals surface area contributed by atoms with E-state index < -0.39 is 0 Å². The molecule has 0 unspecified atom stereocenters. The van der Waals surface area contributed by atoms with Crippen LogP contribution in [0.3, 0.4) is 0 Å². The molecule has 0 N–H and O–H groups in total. The first-order chi connectivity index (χ1) is 13.8. The van der Waals surface area contributed by atoms with Gasteiger partial charge in [-0.3, -0.25) is 4.57 Å². The van der Waals surface area contributed by atoms with E-state index in [2.05, 4.69) is 69.5 Å². The molecule has 0 atom stereocenters. The number of hydrogen-bond donors (Lipinski definition) is 0. The molecule has 0 fully saturated rings. The number of aromatic nitrogens is 3. The number of thiophene rings is 1. The second-order valence-electron chi connectivity index (χ2n) is 6.26. The number of benzene rings is 2. The van der Waals surface area contributed by atoms with Gasteiger partial charge in [0.1, 0.15) is 5.75 Å². The third kappa shape index (κ3) is 3.98. The summed E-state index contributed by atoms with van der Waals surface area (Å²) in [6.45, 7) is 4.79. The van der Waals surface area contributed by atoms with Crippen LogP contribution < -0.4 is 4.74 Å². The number of rotatable bonds is 7. The van der Waals surface area contributed by atoms with Gasteiger partial charge in [-0.1, -0.05) is 42.1 Å². The lowest BCUT2D eigenvalue weighted by atomic mass is 10.1. The van der Waals surface area contributed by atoms with E-state index >= 15 is 0 Å². The van der Waals surface area contributed by atoms with Crippen molar-refractivity contribution in [3.05, 3.63) is 77.2 Å². The first-order valence-electron chi connectivity index (χ1n) is 9.16. The molecule has 0 spiro atoms. The smallest absolute Gasteiger partial charge is 0.196 e. The molecule has 4 nitrogen and oxygen atoms in total. The van der Waals surface area contributed by atoms with Crippen LogP contribution in [0.25, 0.3) is 16.4 Å². The summed E-state index contributed by atoms with van der Waals surface area (Å²) in [7, 11) is 0. The summed E-state index contributed by atoms with van der Waals surface area (Å²) in [5, 5.41) is 12.0. The Bertz CT molecular complexity index is 1040. The Hall–Kier alpha value is -2.57. The van der Waals surface area contributed by atoms with Gasteiger partial charge in [0, 0.05) is 5.75 Å². The fraction of sp³-hybridized carbons (Fsp3) is 0.182. The van der Waals surface area contributed by atoms with Crippen molar-refractivity contribution in [2.45, 2.75) is 24.8 Å². The second-order valence-corrected chi connectivity index (χ2v) is 8.15. The molecule has 2 aromatic carbocycles. The molecule has 0 amide bonds. The van der Waals surface area contributed by atoms with Gasteiger partial charge in [0.05, 0.1) is 17.2 Å². The summed E-state index contributed by atoms with van der Waals surface area (Å²) in [5.74, 6) is 2.59. The quantitative estimate of drug-likeness (QED) is 0.353. The molecule has 142 valence electrons. The lowest BCUT2D eigenvalue weighted by Gasteiger charge is -2.11. The topological polar surface area (TPSA) is 39.9 Å². The van der Waals surface area contributed by atoms with Crippen LogP contribution in [0.2, 0.25) is 0 Å². The molecule has 0 aliphatic carbocycles. The minimum atomic E-state index is 0.657. The van der Waals surface area contributed by atoms with Crippen molar-refractivity contribution in [3.63, 3.8) is 0 Å². The van der Waals surface area contributed by atoms with Gasteiger partial charge in [0.25, 0.3) is 0 Å². The van der Waals surface area contributed by atoms with Gasteiger partial charge < -0.3 is 4.74 Å². The lowest BCUT2D eigenvalue weighted by Crippen LogP contribution is -2.00. The van der Waals surface area contributed by atoms with Crippen LogP contribution in [0, 0.1) is 6.92 Å². The highest BCUT2D eigenvalue weighted by molar-refractivity contribution is 7.98. The fourth-order valence-corrected chi connectivity index (χ4v) is 4.66. The van der Waals surface area contributed by atoms with Crippen molar-refractivity contribution in [3.8, 4) is 22.1 Å². The number of ether oxygens (including phenoxy) is 1. The molecule has 0 saturated carbocycles. The van der Waals surface area contributed by atoms with Gasteiger partial charge in [0.15, 0.2) is 11.0 Å². The predicted molar refractivity (Wildman–Crippen MR) is 117 cm³/mol. The molecule has 4 rings (SSSR count). The predicted octanol–water partition coefficient (Wildman–Crippen LogP) is 6.00. The highest BCUT2D eigenvalue weighted by Gasteiger charge is 2.17. The van der Waals surface area contributed by atoms with Crippen molar-refractivity contribution in [1.82, 2.24) is 14.8 Å². The van der Waals surface area contributed by atoms with Crippen LogP contribution in [0.15, 0.2) is 71.2 Å². The van der Waals surface area contributed by atoms with Crippen LogP contribution in [0.5, 0.6) is 5.75 Å². The Morgan fingerprint density at radius 3 is 2.54 bits per heavy atom. The monoisotopic (exact) mass is 407 g/mol. The van der Waals surface area contributed by atoms with E-state index in [1.807, 2.05) is 25.1 Å². The Kier molecular flexibility index (Phi) is 5.78. The molecular formula is C22H21N3OS2. The molecule has 0 saturated heterocycles. The number of nitrogens with zero attached hydrogens (tertiary/aromatic N) is 3. The highest BCUT2D eigenvalue weighted by atomic mass is 32.2. The first-order valence-corrected chi connectivity index (χ1v) is 11.0. The summed E-state index contributed by atoms with van der Waals surface area (Å²) < 4.78 is 7.72. The van der Waals surface area contributed by atoms with Crippen molar-refractivity contribution in [2.75, 3.05) is 6.61 Å². The second kappa shape index (κ2) is 8.63. The summed E-state index contributed by atoms with van der Waals surface area (Å²) in [6, 6.07) is 20.7. The third-order valence-corrected chi connectivity index (χ3v) is 6.24. The van der Waals surface area contributed by atoms with E-state index in [-0.39, 0.29) is 0 Å². The zero-order valence-electron chi connectivity index (χ0n) is 15.8. The molecule has 28 heavy (non-hydrogen) atoms. The average Bonchev–Trinajstić information content (AvgIpc) is 3.38. The van der Waals surface area contributed by atoms with Crippen molar-refractivity contribution in [1.29, 1.82) is 0 Å². The van der Waals surface area contributed by atoms with Crippen LogP contribution in [-0.2, 0) is 5.75 Å². The summed E-state index contributed by atoms with van der Waals surface area (Å²) >= 11 is 3.37. The van der Waals surface area contributed by atoms with Crippen molar-refractivity contribution >= 4 is 23.1 Å². The average molecular weight is 408 g/mol. The normalized spacial score (nSPS) is 10.9. The molecule has 0 aliphatic rings. The highest BCUT2D eigenvalue weighted by Crippen LogP contribution is 2.32. The maximum Gasteiger partial charge on any atom is 0.196 e. The zero-order valence-corrected chi connectivity index (χ0v) is 17.5. The van der Waals surface area contributed by atoms with Gasteiger partial charge >= 0.3 is 0 Å². The van der Waals surface area contributed by atoms with E-state index in [4.69, 9.17) is 4.74 Å². The van der Waals surface area contributed by atoms with E-state index in [1.54, 1.807) is 23.1 Å². The summed E-state index contributed by atoms with van der Waals surface area (Å²) in [4.78, 5) is 1.10. The van der Waals surface area contributed by atoms with Crippen LogP contribution in [-0.4, -0.2) is 21.4 Å². The molecular weight excluding hydrogens is 386 g/mol. The third-order valence-electron chi connectivity index (χ3n) is 4.40. The Morgan fingerprint density at radius 2 is 1.82 bits per heavy atom. The number of aryl methyl sites for hydroxylation is 1. The molecule has 0 radical (unpaired) electrons. The van der Waals surface area contributed by atoms with E-state index in [0.29, 0.717) is 6.61 Å². The van der Waals surface area contributed by atoms with E-state index in [9.17, 15) is 0 Å². The molecule has 2 aromatic heterocycles. The maximum atomic E-state index is 5.59. The molecule has 4 aromatic rings. The lowest BCUT2D eigenvalue weighted by molar-refractivity contribution is 0.340. The molecule has 0 aliphatic heterocycles. The minimum Gasteiger partial charge on any atom is -0.494 e.